The molecule has 0 bridgehead atoms. The first-order valence-corrected chi connectivity index (χ1v) is 6.31. The molecular weight excluding hydrogens is 272 g/mol. The van der Waals surface area contributed by atoms with E-state index in [0.29, 0.717) is 5.56 Å². The fraction of sp³-hybridized carbons (Fsp3) is 0.455. The predicted octanol–water partition coefficient (Wildman–Crippen LogP) is 1.67. The Bertz CT molecular complexity index is 383. The van der Waals surface area contributed by atoms with Crippen molar-refractivity contribution in [3.63, 3.8) is 0 Å². The highest BCUT2D eigenvalue weighted by Crippen LogP contribution is 2.01. The van der Waals surface area contributed by atoms with E-state index in [1.165, 1.54) is 18.3 Å². The number of carbonyl (C=O) groups excluding carboxylic acids is 1. The van der Waals surface area contributed by atoms with Gasteiger partial charge < -0.3 is 10.3 Å². The third-order valence-electron chi connectivity index (χ3n) is 2.19. The van der Waals surface area contributed by atoms with Gasteiger partial charge in [-0.3, -0.25) is 9.59 Å². The van der Waals surface area contributed by atoms with Crippen LogP contribution < -0.4 is 10.9 Å². The lowest BCUT2D eigenvalue weighted by Gasteiger charge is -2.12. The van der Waals surface area contributed by atoms with Crippen molar-refractivity contribution in [1.29, 1.82) is 0 Å². The summed E-state index contributed by atoms with van der Waals surface area (Å²) in [5.74, 6) is -0.154. The lowest BCUT2D eigenvalue weighted by Crippen LogP contribution is -2.32. The smallest absolute Gasteiger partial charge is 0.252 e. The molecule has 1 rings (SSSR count). The quantitative estimate of drug-likeness (QED) is 0.809. The second-order valence-corrected chi connectivity index (χ2v) is 4.44. The molecule has 1 unspecified atom stereocenters. The molecule has 0 spiro atoms. The predicted molar refractivity (Wildman–Crippen MR) is 67.0 cm³/mol. The monoisotopic (exact) mass is 286 g/mol. The summed E-state index contributed by atoms with van der Waals surface area (Å²) >= 11 is 3.34. The molecule has 1 aromatic heterocycles. The van der Waals surface area contributed by atoms with Gasteiger partial charge in [0, 0.05) is 23.6 Å². The van der Waals surface area contributed by atoms with Crippen molar-refractivity contribution in [3.05, 3.63) is 34.2 Å². The maximum atomic E-state index is 11.7. The van der Waals surface area contributed by atoms with Gasteiger partial charge in [-0.15, -0.1) is 0 Å². The van der Waals surface area contributed by atoms with Gasteiger partial charge in [0.2, 0.25) is 5.56 Å². The minimum Gasteiger partial charge on any atom is -0.350 e. The fourth-order valence-corrected chi connectivity index (χ4v) is 1.64. The van der Waals surface area contributed by atoms with Gasteiger partial charge in [-0.25, -0.2) is 0 Å². The summed E-state index contributed by atoms with van der Waals surface area (Å²) < 4.78 is 0. The molecule has 0 fully saturated rings. The second-order valence-electron chi connectivity index (χ2n) is 3.65. The molecule has 1 amide bonds. The van der Waals surface area contributed by atoms with Gasteiger partial charge in [0.1, 0.15) is 0 Å². The number of amides is 1. The van der Waals surface area contributed by atoms with Crippen LogP contribution in [-0.4, -0.2) is 22.3 Å². The third-order valence-corrected chi connectivity index (χ3v) is 2.76. The van der Waals surface area contributed by atoms with Gasteiger partial charge in [0.15, 0.2) is 0 Å². The van der Waals surface area contributed by atoms with Crippen molar-refractivity contribution < 1.29 is 4.79 Å². The molecule has 1 heterocycles. The summed E-state index contributed by atoms with van der Waals surface area (Å²) in [7, 11) is 0. The lowest BCUT2D eigenvalue weighted by molar-refractivity contribution is 0.0938. The van der Waals surface area contributed by atoms with Crippen LogP contribution in [-0.2, 0) is 0 Å². The Balaban J connectivity index is 2.52. The molecule has 0 aromatic carbocycles. The number of carbonyl (C=O) groups is 1. The van der Waals surface area contributed by atoms with E-state index in [9.17, 15) is 9.59 Å². The summed E-state index contributed by atoms with van der Waals surface area (Å²) in [4.78, 5) is 25.0. The van der Waals surface area contributed by atoms with Gasteiger partial charge in [-0.1, -0.05) is 15.9 Å². The van der Waals surface area contributed by atoms with Crippen molar-refractivity contribution in [1.82, 2.24) is 10.3 Å². The van der Waals surface area contributed by atoms with E-state index in [0.717, 1.165) is 18.2 Å². The van der Waals surface area contributed by atoms with E-state index in [1.54, 1.807) is 0 Å². The van der Waals surface area contributed by atoms with E-state index >= 15 is 0 Å². The van der Waals surface area contributed by atoms with Crippen molar-refractivity contribution in [2.24, 2.45) is 0 Å². The standard InChI is InChI=1S/C11H15BrN2O2/c1-8(3-2-6-12)14-11(16)9-4-5-10(15)13-7-9/h4-5,7-8H,2-3,6H2,1H3,(H,13,15)(H,14,16). The molecule has 2 N–H and O–H groups in total. The van der Waals surface area contributed by atoms with Crippen LogP contribution in [0.1, 0.15) is 30.1 Å². The third kappa shape index (κ3) is 4.18. The first-order chi connectivity index (χ1) is 7.63. The normalized spacial score (nSPS) is 12.1. The van der Waals surface area contributed by atoms with Gasteiger partial charge in [-0.05, 0) is 25.8 Å². The number of hydrogen-bond acceptors (Lipinski definition) is 2. The Labute approximate surface area is 103 Å². The molecule has 0 aliphatic carbocycles. The molecule has 16 heavy (non-hydrogen) atoms. The molecule has 4 nitrogen and oxygen atoms in total. The van der Waals surface area contributed by atoms with Gasteiger partial charge in [0.05, 0.1) is 5.56 Å². The van der Waals surface area contributed by atoms with Crippen molar-refractivity contribution in [3.8, 4) is 0 Å². The Hall–Kier alpha value is -1.10. The zero-order valence-electron chi connectivity index (χ0n) is 9.13. The zero-order chi connectivity index (χ0) is 12.0. The number of halogens is 1. The summed E-state index contributed by atoms with van der Waals surface area (Å²) in [6.45, 7) is 1.96. The van der Waals surface area contributed by atoms with Crippen LogP contribution in [0.2, 0.25) is 0 Å². The first-order valence-electron chi connectivity index (χ1n) is 5.19. The summed E-state index contributed by atoms with van der Waals surface area (Å²) in [6, 6.07) is 3.00. The highest BCUT2D eigenvalue weighted by Gasteiger charge is 2.08. The van der Waals surface area contributed by atoms with E-state index < -0.39 is 0 Å². The zero-order valence-corrected chi connectivity index (χ0v) is 10.7. The number of alkyl halides is 1. The minimum absolute atomic E-state index is 0.136. The highest BCUT2D eigenvalue weighted by atomic mass is 79.9. The Morgan fingerprint density at radius 3 is 2.88 bits per heavy atom. The molecule has 0 radical (unpaired) electrons. The molecule has 1 aromatic rings. The summed E-state index contributed by atoms with van der Waals surface area (Å²) in [5.41, 5.74) is 0.272. The van der Waals surface area contributed by atoms with Gasteiger partial charge >= 0.3 is 0 Å². The summed E-state index contributed by atoms with van der Waals surface area (Å²) in [6.07, 6.45) is 3.38. The maximum absolute atomic E-state index is 11.7. The number of nitrogens with one attached hydrogen (secondary N) is 2. The van der Waals surface area contributed by atoms with Crippen molar-refractivity contribution >= 4 is 21.8 Å². The van der Waals surface area contributed by atoms with Crippen molar-refractivity contribution in [2.75, 3.05) is 5.33 Å². The molecule has 0 aliphatic rings. The number of aromatic amines is 1. The first kappa shape index (κ1) is 13.0. The average molecular weight is 287 g/mol. The van der Waals surface area contributed by atoms with E-state index in [2.05, 4.69) is 26.2 Å². The number of rotatable bonds is 5. The molecule has 0 aliphatic heterocycles. The minimum atomic E-state index is -0.205. The molecule has 0 saturated carbocycles. The lowest BCUT2D eigenvalue weighted by atomic mass is 10.2. The maximum Gasteiger partial charge on any atom is 0.252 e. The van der Waals surface area contributed by atoms with E-state index in [-0.39, 0.29) is 17.5 Å². The van der Waals surface area contributed by atoms with Gasteiger partial charge in [-0.2, -0.15) is 0 Å². The molecule has 88 valence electrons. The van der Waals surface area contributed by atoms with Crippen LogP contribution in [0.5, 0.6) is 0 Å². The number of H-pyrrole nitrogens is 1. The van der Waals surface area contributed by atoms with Crippen LogP contribution in [0, 0.1) is 0 Å². The molecular formula is C11H15BrN2O2. The second kappa shape index (κ2) is 6.48. The highest BCUT2D eigenvalue weighted by molar-refractivity contribution is 9.09. The van der Waals surface area contributed by atoms with Crippen LogP contribution >= 0.6 is 15.9 Å². The van der Waals surface area contributed by atoms with Crippen molar-refractivity contribution in [2.45, 2.75) is 25.8 Å². The van der Waals surface area contributed by atoms with Crippen LogP contribution in [0.15, 0.2) is 23.1 Å². The summed E-state index contributed by atoms with van der Waals surface area (Å²) in [5, 5.41) is 3.81. The van der Waals surface area contributed by atoms with Crippen LogP contribution in [0.3, 0.4) is 0 Å². The Morgan fingerprint density at radius 2 is 2.31 bits per heavy atom. The topological polar surface area (TPSA) is 62.0 Å². The average Bonchev–Trinajstić information content (AvgIpc) is 2.27. The molecule has 5 heteroatoms. The molecule has 0 saturated heterocycles. The number of hydrogen-bond donors (Lipinski definition) is 2. The van der Waals surface area contributed by atoms with Gasteiger partial charge in [0.25, 0.3) is 5.91 Å². The fourth-order valence-electron chi connectivity index (χ4n) is 1.31. The van der Waals surface area contributed by atoms with Crippen LogP contribution in [0.4, 0.5) is 0 Å². The van der Waals surface area contributed by atoms with Crippen LogP contribution in [0.25, 0.3) is 0 Å². The number of aromatic nitrogens is 1. The largest absolute Gasteiger partial charge is 0.350 e. The Kier molecular flexibility index (Phi) is 5.25. The Morgan fingerprint density at radius 1 is 1.56 bits per heavy atom. The SMILES string of the molecule is CC(CCCBr)NC(=O)c1ccc(=O)[nH]c1. The molecule has 1 atom stereocenters. The van der Waals surface area contributed by atoms with E-state index in [4.69, 9.17) is 0 Å². The van der Waals surface area contributed by atoms with E-state index in [1.807, 2.05) is 6.92 Å². The number of pyridine rings is 1.